The lowest BCUT2D eigenvalue weighted by atomic mass is 9.97. The van der Waals surface area contributed by atoms with E-state index in [0.29, 0.717) is 19.4 Å². The second-order valence-corrected chi connectivity index (χ2v) is 9.20. The van der Waals surface area contributed by atoms with Crippen LogP contribution < -0.4 is 5.32 Å². The van der Waals surface area contributed by atoms with E-state index < -0.39 is 10.2 Å². The predicted octanol–water partition coefficient (Wildman–Crippen LogP) is 2.00. The molecule has 1 aliphatic rings. The second kappa shape index (κ2) is 7.85. The summed E-state index contributed by atoms with van der Waals surface area (Å²) in [5, 5.41) is 3.04. The summed E-state index contributed by atoms with van der Waals surface area (Å²) in [5.74, 6) is -0.387. The Morgan fingerprint density at radius 3 is 2.56 bits per heavy atom. The molecule has 0 bridgehead atoms. The van der Waals surface area contributed by atoms with E-state index in [2.05, 4.69) is 31.3 Å². The third kappa shape index (κ3) is 4.59. The van der Waals surface area contributed by atoms with Crippen LogP contribution in [0.15, 0.2) is 18.2 Å². The van der Waals surface area contributed by atoms with Crippen LogP contribution in [0.4, 0.5) is 0 Å². The number of amides is 1. The van der Waals surface area contributed by atoms with Crippen LogP contribution >= 0.6 is 0 Å². The molecule has 1 amide bonds. The first kappa shape index (κ1) is 19.9. The Morgan fingerprint density at radius 2 is 1.96 bits per heavy atom. The van der Waals surface area contributed by atoms with Gasteiger partial charge in [0.05, 0.1) is 12.0 Å². The minimum absolute atomic E-state index is 0.0793. The molecule has 0 saturated carbocycles. The summed E-state index contributed by atoms with van der Waals surface area (Å²) in [5.41, 5.74) is 3.48. The number of nitrogens with one attached hydrogen (secondary N) is 1. The maximum atomic E-state index is 12.6. The Balaban J connectivity index is 2.03. The standard InChI is InChI=1S/C18H29N3O3S/c1-13-8-9-16(11-14(13)2)15(3)19-18(22)17-7-6-10-21(12-17)25(23,24)20(4)5/h8-9,11,15,17H,6-7,10,12H2,1-5H3,(H,19,22)/t15-,17-/m0/s1. The summed E-state index contributed by atoms with van der Waals surface area (Å²) < 4.78 is 27.2. The Bertz CT molecular complexity index is 731. The molecule has 0 radical (unpaired) electrons. The van der Waals surface area contributed by atoms with Crippen LogP contribution in [-0.2, 0) is 15.0 Å². The zero-order valence-corrected chi connectivity index (χ0v) is 16.6. The average Bonchev–Trinajstić information content (AvgIpc) is 2.57. The van der Waals surface area contributed by atoms with Gasteiger partial charge in [-0.2, -0.15) is 17.0 Å². The van der Waals surface area contributed by atoms with E-state index in [9.17, 15) is 13.2 Å². The molecule has 1 N–H and O–H groups in total. The quantitative estimate of drug-likeness (QED) is 0.865. The molecule has 25 heavy (non-hydrogen) atoms. The van der Waals surface area contributed by atoms with Crippen molar-refractivity contribution in [2.45, 2.75) is 39.7 Å². The minimum Gasteiger partial charge on any atom is -0.349 e. The number of carbonyl (C=O) groups is 1. The topological polar surface area (TPSA) is 69.7 Å². The number of hydrogen-bond donors (Lipinski definition) is 1. The van der Waals surface area contributed by atoms with Crippen LogP contribution in [0.2, 0.25) is 0 Å². The number of rotatable bonds is 5. The maximum Gasteiger partial charge on any atom is 0.281 e. The highest BCUT2D eigenvalue weighted by Gasteiger charge is 2.33. The number of hydrogen-bond acceptors (Lipinski definition) is 3. The van der Waals surface area contributed by atoms with Crippen LogP contribution in [-0.4, -0.2) is 50.1 Å². The number of benzene rings is 1. The fourth-order valence-electron chi connectivity index (χ4n) is 3.05. The number of nitrogens with zero attached hydrogens (tertiary/aromatic N) is 2. The molecule has 2 rings (SSSR count). The number of aryl methyl sites for hydroxylation is 2. The highest BCUT2D eigenvalue weighted by Crippen LogP contribution is 2.22. The van der Waals surface area contributed by atoms with Crippen molar-refractivity contribution in [1.29, 1.82) is 0 Å². The fraction of sp³-hybridized carbons (Fsp3) is 0.611. The highest BCUT2D eigenvalue weighted by molar-refractivity contribution is 7.86. The highest BCUT2D eigenvalue weighted by atomic mass is 32.2. The van der Waals surface area contributed by atoms with Gasteiger partial charge in [-0.1, -0.05) is 18.2 Å². The van der Waals surface area contributed by atoms with Crippen molar-refractivity contribution in [2.24, 2.45) is 5.92 Å². The second-order valence-electron chi connectivity index (χ2n) is 7.06. The van der Waals surface area contributed by atoms with Gasteiger partial charge in [0.15, 0.2) is 0 Å². The largest absolute Gasteiger partial charge is 0.349 e. The molecule has 7 heteroatoms. The molecule has 6 nitrogen and oxygen atoms in total. The number of carbonyl (C=O) groups excluding carboxylic acids is 1. The Labute approximate surface area is 151 Å². The SMILES string of the molecule is Cc1ccc([C@H](C)NC(=O)[C@H]2CCCN(S(=O)(=O)N(C)C)C2)cc1C. The van der Waals surface area contributed by atoms with Crippen molar-refractivity contribution < 1.29 is 13.2 Å². The van der Waals surface area contributed by atoms with Gasteiger partial charge in [0.2, 0.25) is 5.91 Å². The zero-order chi connectivity index (χ0) is 18.8. The smallest absolute Gasteiger partial charge is 0.281 e. The third-order valence-corrected chi connectivity index (χ3v) is 6.84. The summed E-state index contributed by atoms with van der Waals surface area (Å²) in [4.78, 5) is 12.6. The van der Waals surface area contributed by atoms with Crippen molar-refractivity contribution in [3.8, 4) is 0 Å². The zero-order valence-electron chi connectivity index (χ0n) is 15.7. The molecule has 1 heterocycles. The molecule has 1 aromatic carbocycles. The van der Waals surface area contributed by atoms with Crippen LogP contribution in [0.25, 0.3) is 0 Å². The first-order valence-electron chi connectivity index (χ1n) is 8.68. The molecule has 140 valence electrons. The van der Waals surface area contributed by atoms with Gasteiger partial charge in [-0.3, -0.25) is 4.79 Å². The maximum absolute atomic E-state index is 12.6. The van der Waals surface area contributed by atoms with Gasteiger partial charge < -0.3 is 5.32 Å². The van der Waals surface area contributed by atoms with E-state index in [0.717, 1.165) is 5.56 Å². The van der Waals surface area contributed by atoms with Gasteiger partial charge >= 0.3 is 0 Å². The van der Waals surface area contributed by atoms with Crippen molar-refractivity contribution in [1.82, 2.24) is 13.9 Å². The van der Waals surface area contributed by atoms with Crippen molar-refractivity contribution >= 4 is 16.1 Å². The molecule has 0 unspecified atom stereocenters. The van der Waals surface area contributed by atoms with Gasteiger partial charge in [0, 0.05) is 27.2 Å². The molecular weight excluding hydrogens is 338 g/mol. The predicted molar refractivity (Wildman–Crippen MR) is 99.4 cm³/mol. The Hall–Kier alpha value is -1.44. The lowest BCUT2D eigenvalue weighted by molar-refractivity contribution is -0.126. The third-order valence-electron chi connectivity index (χ3n) is 4.93. The molecule has 0 aliphatic carbocycles. The molecule has 0 spiro atoms. The van der Waals surface area contributed by atoms with E-state index in [1.807, 2.05) is 13.0 Å². The lowest BCUT2D eigenvalue weighted by Crippen LogP contribution is -2.49. The first-order chi connectivity index (χ1) is 11.6. The number of piperidine rings is 1. The van der Waals surface area contributed by atoms with Gasteiger partial charge in [-0.05, 0) is 50.3 Å². The van der Waals surface area contributed by atoms with E-state index in [1.54, 1.807) is 0 Å². The van der Waals surface area contributed by atoms with Gasteiger partial charge in [-0.15, -0.1) is 0 Å². The molecule has 1 fully saturated rings. The van der Waals surface area contributed by atoms with Crippen LogP contribution in [0.5, 0.6) is 0 Å². The van der Waals surface area contributed by atoms with Crippen LogP contribution in [0, 0.1) is 19.8 Å². The normalized spacial score (nSPS) is 20.5. The monoisotopic (exact) mass is 367 g/mol. The molecular formula is C18H29N3O3S. The van der Waals surface area contributed by atoms with Crippen LogP contribution in [0.3, 0.4) is 0 Å². The molecule has 0 aromatic heterocycles. The van der Waals surface area contributed by atoms with Crippen molar-refractivity contribution in [2.75, 3.05) is 27.2 Å². The van der Waals surface area contributed by atoms with Gasteiger partial charge in [-0.25, -0.2) is 0 Å². The van der Waals surface area contributed by atoms with E-state index in [4.69, 9.17) is 0 Å². The van der Waals surface area contributed by atoms with Gasteiger partial charge in [0.1, 0.15) is 0 Å². The first-order valence-corrected chi connectivity index (χ1v) is 10.1. The van der Waals surface area contributed by atoms with E-state index >= 15 is 0 Å². The summed E-state index contributed by atoms with van der Waals surface area (Å²) in [6.07, 6.45) is 1.41. The van der Waals surface area contributed by atoms with Crippen molar-refractivity contribution in [3.63, 3.8) is 0 Å². The molecule has 1 saturated heterocycles. The van der Waals surface area contributed by atoms with Gasteiger partial charge in [0.25, 0.3) is 10.2 Å². The summed E-state index contributed by atoms with van der Waals surface area (Å²) in [7, 11) is -0.441. The van der Waals surface area contributed by atoms with E-state index in [-0.39, 0.29) is 24.4 Å². The minimum atomic E-state index is -3.47. The lowest BCUT2D eigenvalue weighted by Gasteiger charge is -2.33. The van der Waals surface area contributed by atoms with E-state index in [1.165, 1.54) is 33.8 Å². The Kier molecular flexibility index (Phi) is 6.24. The molecule has 1 aromatic rings. The molecule has 2 atom stereocenters. The summed E-state index contributed by atoms with van der Waals surface area (Å²) in [6, 6.07) is 6.06. The summed E-state index contributed by atoms with van der Waals surface area (Å²) in [6.45, 7) is 6.78. The Morgan fingerprint density at radius 1 is 1.28 bits per heavy atom. The molecule has 1 aliphatic heterocycles. The summed E-state index contributed by atoms with van der Waals surface area (Å²) >= 11 is 0. The van der Waals surface area contributed by atoms with Crippen molar-refractivity contribution in [3.05, 3.63) is 34.9 Å². The average molecular weight is 368 g/mol. The van der Waals surface area contributed by atoms with Crippen LogP contribution in [0.1, 0.15) is 42.5 Å². The fourth-order valence-corrected chi connectivity index (χ4v) is 4.24.